The summed E-state index contributed by atoms with van der Waals surface area (Å²) in [7, 11) is 1.84. The molecule has 0 aliphatic heterocycles. The molecule has 3 N–H and O–H groups in total. The summed E-state index contributed by atoms with van der Waals surface area (Å²) >= 11 is 0. The van der Waals surface area contributed by atoms with Crippen LogP contribution in [0.25, 0.3) is 22.3 Å². The van der Waals surface area contributed by atoms with E-state index in [-0.39, 0.29) is 17.6 Å². The van der Waals surface area contributed by atoms with Crippen molar-refractivity contribution < 1.29 is 22.7 Å². The molecule has 3 heterocycles. The minimum atomic E-state index is -4.48. The van der Waals surface area contributed by atoms with Gasteiger partial charge < -0.3 is 25.3 Å². The number of likely N-dealkylation sites (N-methyl/N-ethyl adjacent to an activating group) is 2. The third kappa shape index (κ3) is 6.38. The van der Waals surface area contributed by atoms with Crippen LogP contribution in [-0.2, 0) is 0 Å². The Labute approximate surface area is 217 Å². The van der Waals surface area contributed by atoms with Gasteiger partial charge in [0, 0.05) is 54.7 Å². The molecular formula is C26H28F3N7O2. The largest absolute Gasteiger partial charge is 0.481 e. The highest BCUT2D eigenvalue weighted by molar-refractivity contribution is 5.98. The summed E-state index contributed by atoms with van der Waals surface area (Å²) in [5.41, 5.74) is 2.75. The summed E-state index contributed by atoms with van der Waals surface area (Å²) in [6, 6.07) is 11.7. The molecule has 200 valence electrons. The number of rotatable bonds is 10. The van der Waals surface area contributed by atoms with E-state index in [2.05, 4.69) is 30.6 Å². The number of carbonyl (C=O) groups excluding carboxylic acids is 1. The van der Waals surface area contributed by atoms with E-state index in [9.17, 15) is 18.0 Å². The van der Waals surface area contributed by atoms with Gasteiger partial charge in [0.05, 0.1) is 11.4 Å². The number of aromatic nitrogens is 4. The molecule has 0 aliphatic carbocycles. The smallest absolute Gasteiger partial charge is 0.425 e. The number of benzene rings is 1. The van der Waals surface area contributed by atoms with Crippen LogP contribution in [0.1, 0.15) is 24.3 Å². The van der Waals surface area contributed by atoms with Gasteiger partial charge in [-0.3, -0.25) is 9.78 Å². The zero-order valence-electron chi connectivity index (χ0n) is 21.1. The van der Waals surface area contributed by atoms with Crippen molar-refractivity contribution >= 4 is 28.4 Å². The molecule has 1 atom stereocenters. The number of hydrogen-bond donors (Lipinski definition) is 3. The molecule has 0 saturated carbocycles. The summed E-state index contributed by atoms with van der Waals surface area (Å²) < 4.78 is 43.6. The van der Waals surface area contributed by atoms with E-state index >= 15 is 0 Å². The van der Waals surface area contributed by atoms with Crippen molar-refractivity contribution in [3.63, 3.8) is 0 Å². The van der Waals surface area contributed by atoms with Crippen LogP contribution in [0.5, 0.6) is 5.75 Å². The molecule has 4 rings (SSSR count). The summed E-state index contributed by atoms with van der Waals surface area (Å²) in [5, 5.41) is 7.01. The lowest BCUT2D eigenvalue weighted by Crippen LogP contribution is -2.36. The van der Waals surface area contributed by atoms with Crippen LogP contribution in [0.4, 0.5) is 24.8 Å². The van der Waals surface area contributed by atoms with Crippen LogP contribution in [0.15, 0.2) is 54.9 Å². The molecule has 0 bridgehead atoms. The normalized spacial score (nSPS) is 12.4. The molecule has 0 aliphatic rings. The Hall–Kier alpha value is -4.19. The number of alkyl halides is 3. The van der Waals surface area contributed by atoms with Crippen molar-refractivity contribution in [3.8, 4) is 17.1 Å². The van der Waals surface area contributed by atoms with E-state index in [0.29, 0.717) is 42.4 Å². The Morgan fingerprint density at radius 3 is 2.63 bits per heavy atom. The number of ether oxygens (including phenoxy) is 1. The maximum Gasteiger partial charge on any atom is 0.425 e. The number of carbonyl (C=O) groups is 1. The molecule has 9 nitrogen and oxygen atoms in total. The Balaban J connectivity index is 1.51. The van der Waals surface area contributed by atoms with Crippen molar-refractivity contribution in [3.05, 3.63) is 60.6 Å². The fourth-order valence-corrected chi connectivity index (χ4v) is 3.73. The predicted octanol–water partition coefficient (Wildman–Crippen LogP) is 4.77. The quantitative estimate of drug-likeness (QED) is 0.273. The van der Waals surface area contributed by atoms with Gasteiger partial charge in [-0.15, -0.1) is 0 Å². The zero-order chi connectivity index (χ0) is 27.3. The summed E-state index contributed by atoms with van der Waals surface area (Å²) in [4.78, 5) is 30.7. The maximum atomic E-state index is 12.9. The van der Waals surface area contributed by atoms with E-state index < -0.39 is 12.3 Å². The van der Waals surface area contributed by atoms with Crippen LogP contribution in [0.2, 0.25) is 0 Å². The SMILES string of the molecule is CCN(CCNC)C(=O)c1cc2cc(Nc3nccc(-c4cc(OC(C)C(F)(F)F)ccn4)n3)ccc2[nH]1. The second-order valence-electron chi connectivity index (χ2n) is 8.54. The van der Waals surface area contributed by atoms with Gasteiger partial charge in [-0.2, -0.15) is 13.2 Å². The number of anilines is 2. The van der Waals surface area contributed by atoms with Gasteiger partial charge in [-0.05, 0) is 57.3 Å². The Bertz CT molecular complexity index is 1410. The molecule has 0 saturated heterocycles. The number of hydrogen-bond acceptors (Lipinski definition) is 7. The number of fused-ring (bicyclic) bond motifs is 1. The summed E-state index contributed by atoms with van der Waals surface area (Å²) in [5.74, 6) is 0.228. The van der Waals surface area contributed by atoms with Gasteiger partial charge in [-0.1, -0.05) is 0 Å². The molecular weight excluding hydrogens is 499 g/mol. The van der Waals surface area contributed by atoms with E-state index in [0.717, 1.165) is 17.8 Å². The van der Waals surface area contributed by atoms with Gasteiger partial charge in [0.15, 0.2) is 6.10 Å². The van der Waals surface area contributed by atoms with Crippen molar-refractivity contribution in [2.75, 3.05) is 32.0 Å². The Kier molecular flexibility index (Phi) is 8.10. The molecule has 4 aromatic rings. The first-order valence-electron chi connectivity index (χ1n) is 12.0. The van der Waals surface area contributed by atoms with E-state index in [1.165, 1.54) is 24.5 Å². The third-order valence-corrected chi connectivity index (χ3v) is 5.83. The van der Waals surface area contributed by atoms with Crippen molar-refractivity contribution in [2.24, 2.45) is 0 Å². The molecule has 1 unspecified atom stereocenters. The Morgan fingerprint density at radius 2 is 1.89 bits per heavy atom. The van der Waals surface area contributed by atoms with Crippen LogP contribution in [0, 0.1) is 0 Å². The van der Waals surface area contributed by atoms with Crippen molar-refractivity contribution in [1.29, 1.82) is 0 Å². The molecule has 38 heavy (non-hydrogen) atoms. The third-order valence-electron chi connectivity index (χ3n) is 5.83. The number of aromatic amines is 1. The average Bonchev–Trinajstić information content (AvgIpc) is 3.32. The highest BCUT2D eigenvalue weighted by atomic mass is 19.4. The Morgan fingerprint density at radius 1 is 1.11 bits per heavy atom. The first-order valence-corrected chi connectivity index (χ1v) is 12.0. The first-order chi connectivity index (χ1) is 18.2. The van der Waals surface area contributed by atoms with Gasteiger partial charge >= 0.3 is 6.18 Å². The van der Waals surface area contributed by atoms with Gasteiger partial charge in [0.1, 0.15) is 11.4 Å². The van der Waals surface area contributed by atoms with Crippen molar-refractivity contribution in [2.45, 2.75) is 26.1 Å². The molecule has 1 aromatic carbocycles. The van der Waals surface area contributed by atoms with Gasteiger partial charge in [0.25, 0.3) is 5.91 Å². The number of pyridine rings is 1. The molecule has 0 spiro atoms. The number of nitrogens with zero attached hydrogens (tertiary/aromatic N) is 4. The predicted molar refractivity (Wildman–Crippen MR) is 138 cm³/mol. The lowest BCUT2D eigenvalue weighted by molar-refractivity contribution is -0.189. The highest BCUT2D eigenvalue weighted by Crippen LogP contribution is 2.27. The molecule has 0 fully saturated rings. The molecule has 1 amide bonds. The van der Waals surface area contributed by atoms with Crippen LogP contribution >= 0.6 is 0 Å². The van der Waals surface area contributed by atoms with Crippen LogP contribution in [-0.4, -0.2) is 69.7 Å². The second kappa shape index (κ2) is 11.5. The lowest BCUT2D eigenvalue weighted by Gasteiger charge is -2.19. The van der Waals surface area contributed by atoms with Crippen LogP contribution in [0.3, 0.4) is 0 Å². The van der Waals surface area contributed by atoms with Crippen LogP contribution < -0.4 is 15.4 Å². The summed E-state index contributed by atoms with van der Waals surface area (Å²) in [6.45, 7) is 4.78. The number of halogens is 3. The second-order valence-corrected chi connectivity index (χ2v) is 8.54. The minimum absolute atomic E-state index is 0.0313. The number of H-pyrrole nitrogens is 1. The minimum Gasteiger partial charge on any atom is -0.481 e. The van der Waals surface area contributed by atoms with Crippen molar-refractivity contribution in [1.82, 2.24) is 30.2 Å². The number of amides is 1. The van der Waals surface area contributed by atoms with E-state index in [1.54, 1.807) is 17.0 Å². The van der Waals surface area contributed by atoms with Gasteiger partial charge in [0.2, 0.25) is 5.95 Å². The maximum absolute atomic E-state index is 12.9. The molecule has 12 heteroatoms. The fourth-order valence-electron chi connectivity index (χ4n) is 3.73. The zero-order valence-corrected chi connectivity index (χ0v) is 21.1. The lowest BCUT2D eigenvalue weighted by atomic mass is 10.2. The number of nitrogens with one attached hydrogen (secondary N) is 3. The monoisotopic (exact) mass is 527 g/mol. The standard InChI is InChI=1S/C26H28F3N7O2/c1-4-36(12-11-30-3)24(37)23-14-17-13-18(5-6-20(17)34-23)33-25-32-10-8-21(35-25)22-15-19(7-9-31-22)38-16(2)26(27,28)29/h5-10,13-16,30,34H,4,11-12H2,1-3H3,(H,32,33,35). The fraction of sp³-hybridized carbons (Fsp3) is 0.308. The van der Waals surface area contributed by atoms with E-state index in [4.69, 9.17) is 4.74 Å². The molecule has 0 radical (unpaired) electrons. The summed E-state index contributed by atoms with van der Waals surface area (Å²) in [6.07, 6.45) is -3.56. The first kappa shape index (κ1) is 26.9. The molecule has 3 aromatic heterocycles. The topological polar surface area (TPSA) is 108 Å². The van der Waals surface area contributed by atoms with E-state index in [1.807, 2.05) is 32.2 Å². The van der Waals surface area contributed by atoms with Gasteiger partial charge in [-0.25, -0.2) is 9.97 Å². The highest BCUT2D eigenvalue weighted by Gasteiger charge is 2.38. The average molecular weight is 528 g/mol.